The van der Waals surface area contributed by atoms with Crippen molar-refractivity contribution in [2.24, 2.45) is 46.3 Å². The van der Waals surface area contributed by atoms with E-state index in [9.17, 15) is 9.90 Å². The molecule has 0 aromatic heterocycles. The van der Waals surface area contributed by atoms with Crippen molar-refractivity contribution in [2.45, 2.75) is 85.5 Å². The standard InChI is InChI=1S/C22H36O3.C2H6/c1-14-8-11-22(13-25-3)15(12-14)4-5-16-17-6-7-19(20(23)24)21(17,2)10-9-18(16)22;1-2/h14-19H,4-13H2,1-3H3,(H,23,24);1-2H3. The number of hydrogen-bond donors (Lipinski definition) is 1. The Labute approximate surface area is 166 Å². The molecule has 0 radical (unpaired) electrons. The summed E-state index contributed by atoms with van der Waals surface area (Å²) in [5.74, 6) is 3.17. The molecule has 4 aliphatic carbocycles. The van der Waals surface area contributed by atoms with Gasteiger partial charge in [-0.3, -0.25) is 4.79 Å². The molecule has 3 nitrogen and oxygen atoms in total. The van der Waals surface area contributed by atoms with Gasteiger partial charge < -0.3 is 9.84 Å². The number of carboxylic acids is 1. The lowest BCUT2D eigenvalue weighted by Gasteiger charge is -2.61. The van der Waals surface area contributed by atoms with Gasteiger partial charge in [0.15, 0.2) is 0 Å². The first-order valence-corrected chi connectivity index (χ1v) is 11.6. The average molecular weight is 379 g/mol. The van der Waals surface area contributed by atoms with E-state index in [1.807, 2.05) is 21.0 Å². The topological polar surface area (TPSA) is 46.5 Å². The number of ether oxygens (including phenoxy) is 1. The summed E-state index contributed by atoms with van der Waals surface area (Å²) in [5.41, 5.74) is 0.420. The highest BCUT2D eigenvalue weighted by atomic mass is 16.5. The van der Waals surface area contributed by atoms with Gasteiger partial charge in [0.2, 0.25) is 0 Å². The summed E-state index contributed by atoms with van der Waals surface area (Å²) in [5, 5.41) is 9.74. The fourth-order valence-electron chi connectivity index (χ4n) is 8.22. The Morgan fingerprint density at radius 3 is 2.44 bits per heavy atom. The highest BCUT2D eigenvalue weighted by Gasteiger charge is 2.62. The maximum absolute atomic E-state index is 11.8. The third-order valence-electron chi connectivity index (χ3n) is 9.34. The largest absolute Gasteiger partial charge is 0.481 e. The molecule has 4 fully saturated rings. The predicted octanol–water partition coefficient (Wildman–Crippen LogP) is 6.02. The van der Waals surface area contributed by atoms with Crippen LogP contribution in [0.3, 0.4) is 0 Å². The van der Waals surface area contributed by atoms with Crippen LogP contribution in [0.4, 0.5) is 0 Å². The van der Waals surface area contributed by atoms with E-state index in [-0.39, 0.29) is 11.3 Å². The second-order valence-electron chi connectivity index (χ2n) is 10.2. The Morgan fingerprint density at radius 2 is 1.78 bits per heavy atom. The molecule has 0 heterocycles. The highest BCUT2D eigenvalue weighted by Crippen LogP contribution is 2.67. The van der Waals surface area contributed by atoms with Gasteiger partial charge in [-0.2, -0.15) is 0 Å². The van der Waals surface area contributed by atoms with E-state index >= 15 is 0 Å². The van der Waals surface area contributed by atoms with Crippen LogP contribution in [0, 0.1) is 46.3 Å². The normalized spacial score (nSPS) is 48.5. The molecule has 3 heteroatoms. The summed E-state index contributed by atoms with van der Waals surface area (Å²) in [7, 11) is 1.89. The Bertz CT molecular complexity index is 532. The van der Waals surface area contributed by atoms with Gasteiger partial charge in [0, 0.05) is 7.11 Å². The number of methoxy groups -OCH3 is 1. The minimum atomic E-state index is -0.546. The molecule has 0 aromatic carbocycles. The minimum absolute atomic E-state index is 0.0378. The number of aliphatic carboxylic acids is 1. The molecule has 0 aliphatic heterocycles. The summed E-state index contributed by atoms with van der Waals surface area (Å²) < 4.78 is 5.83. The van der Waals surface area contributed by atoms with Crippen molar-refractivity contribution < 1.29 is 14.6 Å². The molecule has 0 aromatic rings. The van der Waals surface area contributed by atoms with Crippen LogP contribution in [0.1, 0.15) is 85.5 Å². The van der Waals surface area contributed by atoms with Crippen LogP contribution in [0.5, 0.6) is 0 Å². The van der Waals surface area contributed by atoms with Crippen LogP contribution in [-0.4, -0.2) is 24.8 Å². The molecule has 0 bridgehead atoms. The highest BCUT2D eigenvalue weighted by molar-refractivity contribution is 5.71. The molecule has 8 unspecified atom stereocenters. The molecule has 0 saturated heterocycles. The predicted molar refractivity (Wildman–Crippen MR) is 110 cm³/mol. The van der Waals surface area contributed by atoms with Gasteiger partial charge in [-0.25, -0.2) is 0 Å². The van der Waals surface area contributed by atoms with Crippen LogP contribution >= 0.6 is 0 Å². The van der Waals surface area contributed by atoms with E-state index < -0.39 is 5.97 Å². The van der Waals surface area contributed by atoms with Crippen LogP contribution in [-0.2, 0) is 9.53 Å². The summed E-state index contributed by atoms with van der Waals surface area (Å²) >= 11 is 0. The van der Waals surface area contributed by atoms with Gasteiger partial charge in [0.25, 0.3) is 0 Å². The van der Waals surface area contributed by atoms with E-state index in [2.05, 4.69) is 13.8 Å². The maximum atomic E-state index is 11.8. The fraction of sp³-hybridized carbons (Fsp3) is 0.958. The molecule has 27 heavy (non-hydrogen) atoms. The number of fused-ring (bicyclic) bond motifs is 5. The van der Waals surface area contributed by atoms with Crippen molar-refractivity contribution >= 4 is 5.97 Å². The molecule has 1 N–H and O–H groups in total. The van der Waals surface area contributed by atoms with Crippen molar-refractivity contribution in [3.05, 3.63) is 0 Å². The Kier molecular flexibility index (Phi) is 6.30. The SMILES string of the molecule is CC.COCC12CCC(C)CC1CCC1C3CCC(C(=O)O)C3(C)CCC12. The fourth-order valence-corrected chi connectivity index (χ4v) is 8.22. The molecule has 4 aliphatic rings. The minimum Gasteiger partial charge on any atom is -0.481 e. The molecule has 8 atom stereocenters. The second kappa shape index (κ2) is 8.05. The van der Waals surface area contributed by atoms with Crippen LogP contribution in [0.15, 0.2) is 0 Å². The second-order valence-corrected chi connectivity index (χ2v) is 10.2. The van der Waals surface area contributed by atoms with Crippen molar-refractivity contribution in [3.8, 4) is 0 Å². The van der Waals surface area contributed by atoms with Gasteiger partial charge in [-0.15, -0.1) is 0 Å². The van der Waals surface area contributed by atoms with Crippen molar-refractivity contribution in [1.82, 2.24) is 0 Å². The van der Waals surface area contributed by atoms with Crippen molar-refractivity contribution in [1.29, 1.82) is 0 Å². The zero-order chi connectivity index (χ0) is 19.8. The van der Waals surface area contributed by atoms with Gasteiger partial charge in [0.05, 0.1) is 12.5 Å². The van der Waals surface area contributed by atoms with E-state index in [1.165, 1.54) is 38.5 Å². The zero-order valence-corrected chi connectivity index (χ0v) is 18.3. The third kappa shape index (κ3) is 3.26. The number of carbonyl (C=O) groups is 1. The number of carboxylic acid groups (broad SMARTS) is 1. The van der Waals surface area contributed by atoms with Crippen LogP contribution < -0.4 is 0 Å². The third-order valence-corrected chi connectivity index (χ3v) is 9.34. The van der Waals surface area contributed by atoms with Gasteiger partial charge in [-0.05, 0) is 91.8 Å². The zero-order valence-electron chi connectivity index (χ0n) is 18.3. The lowest BCUT2D eigenvalue weighted by molar-refractivity contribution is -0.162. The maximum Gasteiger partial charge on any atom is 0.307 e. The molecule has 4 rings (SSSR count). The van der Waals surface area contributed by atoms with Crippen LogP contribution in [0.2, 0.25) is 0 Å². The summed E-state index contributed by atoms with van der Waals surface area (Å²) in [6, 6.07) is 0. The lowest BCUT2D eigenvalue weighted by Crippen LogP contribution is -2.56. The van der Waals surface area contributed by atoms with Gasteiger partial charge in [0.1, 0.15) is 0 Å². The molecule has 156 valence electrons. The molecule has 0 amide bonds. The average Bonchev–Trinajstić information content (AvgIpc) is 3.01. The van der Waals surface area contributed by atoms with Crippen LogP contribution in [0.25, 0.3) is 0 Å². The summed E-state index contributed by atoms with van der Waals surface area (Å²) in [6.45, 7) is 9.66. The Balaban J connectivity index is 0.00000102. The first-order chi connectivity index (χ1) is 12.9. The number of rotatable bonds is 3. The molecule has 4 saturated carbocycles. The van der Waals surface area contributed by atoms with Crippen molar-refractivity contribution in [2.75, 3.05) is 13.7 Å². The van der Waals surface area contributed by atoms with E-state index in [0.717, 1.165) is 49.5 Å². The van der Waals surface area contributed by atoms with Gasteiger partial charge in [-0.1, -0.05) is 34.1 Å². The first kappa shape index (κ1) is 21.1. The molecule has 0 spiro atoms. The molecular formula is C24H42O3. The monoisotopic (exact) mass is 378 g/mol. The van der Waals surface area contributed by atoms with E-state index in [0.29, 0.717) is 11.3 Å². The van der Waals surface area contributed by atoms with E-state index in [4.69, 9.17) is 4.74 Å². The Morgan fingerprint density at radius 1 is 1.04 bits per heavy atom. The van der Waals surface area contributed by atoms with Crippen molar-refractivity contribution in [3.63, 3.8) is 0 Å². The first-order valence-electron chi connectivity index (χ1n) is 11.6. The van der Waals surface area contributed by atoms with E-state index in [1.54, 1.807) is 0 Å². The summed E-state index contributed by atoms with van der Waals surface area (Å²) in [6.07, 6.45) is 11.1. The van der Waals surface area contributed by atoms with Gasteiger partial charge >= 0.3 is 5.97 Å². The summed E-state index contributed by atoms with van der Waals surface area (Å²) in [4.78, 5) is 11.8. The molecular weight excluding hydrogens is 336 g/mol. The smallest absolute Gasteiger partial charge is 0.307 e. The number of hydrogen-bond acceptors (Lipinski definition) is 2. The quantitative estimate of drug-likeness (QED) is 0.653. The Hall–Kier alpha value is -0.570. The lowest BCUT2D eigenvalue weighted by atomic mass is 9.44.